The average Bonchev–Trinajstić information content (AvgIpc) is 2.39. The Morgan fingerprint density at radius 2 is 2.00 bits per heavy atom. The van der Waals surface area contributed by atoms with Gasteiger partial charge in [0.2, 0.25) is 0 Å². The molecule has 0 heterocycles. The molecule has 0 aliphatic heterocycles. The smallest absolute Gasteiger partial charge is 0.311 e. The van der Waals surface area contributed by atoms with E-state index in [2.05, 4.69) is 5.32 Å². The van der Waals surface area contributed by atoms with Crippen LogP contribution in [0.2, 0.25) is 0 Å². The second kappa shape index (κ2) is 5.92. The van der Waals surface area contributed by atoms with E-state index in [0.29, 0.717) is 18.0 Å². The second-order valence-electron chi connectivity index (χ2n) is 4.12. The first-order chi connectivity index (χ1) is 9.60. The zero-order chi connectivity index (χ0) is 14.5. The van der Waals surface area contributed by atoms with Gasteiger partial charge in [0.25, 0.3) is 0 Å². The molecule has 0 bridgehead atoms. The summed E-state index contributed by atoms with van der Waals surface area (Å²) in [4.78, 5) is 10.4. The molecule has 0 radical (unpaired) electrons. The molecule has 0 saturated carbocycles. The van der Waals surface area contributed by atoms with Crippen LogP contribution in [0.15, 0.2) is 42.5 Å². The van der Waals surface area contributed by atoms with Gasteiger partial charge in [-0.25, -0.2) is 0 Å². The fourth-order valence-corrected chi connectivity index (χ4v) is 1.80. The topological polar surface area (TPSA) is 90.4 Å². The number of nitrogens with two attached hydrogens (primary N) is 1. The first-order valence-electron chi connectivity index (χ1n) is 6.14. The van der Waals surface area contributed by atoms with Crippen molar-refractivity contribution in [3.8, 4) is 5.75 Å². The summed E-state index contributed by atoms with van der Waals surface area (Å²) < 4.78 is 5.29. The minimum Gasteiger partial charge on any atom is -0.487 e. The third kappa shape index (κ3) is 3.17. The Labute approximate surface area is 116 Å². The third-order valence-electron chi connectivity index (χ3n) is 2.63. The van der Waals surface area contributed by atoms with Gasteiger partial charge in [0, 0.05) is 29.2 Å². The highest BCUT2D eigenvalue weighted by Gasteiger charge is 2.15. The van der Waals surface area contributed by atoms with Gasteiger partial charge >= 0.3 is 5.69 Å². The highest BCUT2D eigenvalue weighted by Crippen LogP contribution is 2.31. The van der Waals surface area contributed by atoms with Crippen molar-refractivity contribution in [2.24, 2.45) is 0 Å². The maximum atomic E-state index is 10.9. The Bertz CT molecular complexity index is 629. The number of benzene rings is 2. The lowest BCUT2D eigenvalue weighted by atomic mass is 10.2. The number of rotatable bonds is 5. The lowest BCUT2D eigenvalue weighted by molar-refractivity contribution is -0.385. The maximum Gasteiger partial charge on any atom is 0.311 e. The van der Waals surface area contributed by atoms with Crippen LogP contribution in [0.3, 0.4) is 0 Å². The highest BCUT2D eigenvalue weighted by atomic mass is 16.6. The highest BCUT2D eigenvalue weighted by molar-refractivity contribution is 5.67. The van der Waals surface area contributed by atoms with E-state index < -0.39 is 4.92 Å². The Morgan fingerprint density at radius 3 is 2.65 bits per heavy atom. The van der Waals surface area contributed by atoms with Crippen LogP contribution in [0.4, 0.5) is 22.7 Å². The number of nitro benzene ring substituents is 1. The molecule has 3 N–H and O–H groups in total. The van der Waals surface area contributed by atoms with E-state index in [0.717, 1.165) is 5.69 Å². The minimum absolute atomic E-state index is 0.0509. The second-order valence-corrected chi connectivity index (χ2v) is 4.12. The van der Waals surface area contributed by atoms with E-state index >= 15 is 0 Å². The monoisotopic (exact) mass is 273 g/mol. The summed E-state index contributed by atoms with van der Waals surface area (Å²) in [6.45, 7) is 2.14. The molecular formula is C14H15N3O3. The van der Waals surface area contributed by atoms with Gasteiger partial charge in [-0.1, -0.05) is 6.07 Å². The summed E-state index contributed by atoms with van der Waals surface area (Å²) in [5.41, 5.74) is 7.79. The Balaban J connectivity index is 2.29. The third-order valence-corrected chi connectivity index (χ3v) is 2.63. The largest absolute Gasteiger partial charge is 0.487 e. The molecule has 0 saturated heterocycles. The fraction of sp³-hybridized carbons (Fsp3) is 0.143. The molecule has 0 unspecified atom stereocenters. The number of hydrogen-bond donors (Lipinski definition) is 2. The molecule has 20 heavy (non-hydrogen) atoms. The van der Waals surface area contributed by atoms with Crippen LogP contribution >= 0.6 is 0 Å². The number of hydrogen-bond acceptors (Lipinski definition) is 5. The molecule has 0 amide bonds. The van der Waals surface area contributed by atoms with Gasteiger partial charge in [-0.3, -0.25) is 10.1 Å². The summed E-state index contributed by atoms with van der Waals surface area (Å²) >= 11 is 0. The molecule has 2 rings (SSSR count). The van der Waals surface area contributed by atoms with E-state index in [-0.39, 0.29) is 11.4 Å². The summed E-state index contributed by atoms with van der Waals surface area (Å²) in [7, 11) is 0. The lowest BCUT2D eigenvalue weighted by Gasteiger charge is -2.10. The Morgan fingerprint density at radius 1 is 1.25 bits per heavy atom. The Hall–Kier alpha value is -2.76. The summed E-state index contributed by atoms with van der Waals surface area (Å²) in [6.07, 6.45) is 0. The van der Waals surface area contributed by atoms with Crippen molar-refractivity contribution in [2.45, 2.75) is 6.92 Å². The van der Waals surface area contributed by atoms with Crippen LogP contribution in [0, 0.1) is 10.1 Å². The zero-order valence-electron chi connectivity index (χ0n) is 11.0. The predicted octanol–water partition coefficient (Wildman–Crippen LogP) is 3.32. The minimum atomic E-state index is -0.463. The number of nitrogens with zero attached hydrogens (tertiary/aromatic N) is 1. The van der Waals surface area contributed by atoms with Crippen LogP contribution in [0.5, 0.6) is 5.75 Å². The first-order valence-corrected chi connectivity index (χ1v) is 6.14. The molecule has 6 nitrogen and oxygen atoms in total. The van der Waals surface area contributed by atoms with Crippen molar-refractivity contribution in [1.29, 1.82) is 0 Å². The lowest BCUT2D eigenvalue weighted by Crippen LogP contribution is -1.99. The number of nitrogens with one attached hydrogen (secondary N) is 1. The molecule has 0 atom stereocenters. The van der Waals surface area contributed by atoms with E-state index in [1.54, 1.807) is 31.2 Å². The first kappa shape index (κ1) is 13.7. The molecule has 0 spiro atoms. The van der Waals surface area contributed by atoms with Gasteiger partial charge in [0.15, 0.2) is 5.75 Å². The van der Waals surface area contributed by atoms with Gasteiger partial charge in [-0.05, 0) is 31.2 Å². The molecule has 0 fully saturated rings. The van der Waals surface area contributed by atoms with Crippen molar-refractivity contribution >= 4 is 22.7 Å². The van der Waals surface area contributed by atoms with Gasteiger partial charge in [0.1, 0.15) is 0 Å². The Kier molecular flexibility index (Phi) is 4.05. The summed E-state index contributed by atoms with van der Waals surface area (Å²) in [5, 5.41) is 14.0. The van der Waals surface area contributed by atoms with E-state index in [9.17, 15) is 10.1 Å². The van der Waals surface area contributed by atoms with Gasteiger partial charge in [0.05, 0.1) is 11.5 Å². The van der Waals surface area contributed by atoms with Gasteiger partial charge in [-0.2, -0.15) is 0 Å². The van der Waals surface area contributed by atoms with Crippen molar-refractivity contribution in [3.63, 3.8) is 0 Å². The maximum absolute atomic E-state index is 10.9. The molecule has 0 aliphatic rings. The number of anilines is 3. The van der Waals surface area contributed by atoms with Crippen LogP contribution in [-0.2, 0) is 0 Å². The van der Waals surface area contributed by atoms with Crippen molar-refractivity contribution in [2.75, 3.05) is 17.7 Å². The molecule has 0 aliphatic carbocycles. The molecule has 2 aromatic carbocycles. The van der Waals surface area contributed by atoms with Crippen molar-refractivity contribution in [3.05, 3.63) is 52.6 Å². The fourth-order valence-electron chi connectivity index (χ4n) is 1.80. The predicted molar refractivity (Wildman–Crippen MR) is 78.4 cm³/mol. The quantitative estimate of drug-likeness (QED) is 0.495. The normalized spacial score (nSPS) is 10.1. The van der Waals surface area contributed by atoms with Crippen molar-refractivity contribution in [1.82, 2.24) is 0 Å². The SMILES string of the molecule is CCOc1cc(Nc2cccc(N)c2)ccc1[N+](=O)[O-]. The summed E-state index contributed by atoms with van der Waals surface area (Å²) in [6, 6.07) is 11.9. The van der Waals surface area contributed by atoms with Crippen LogP contribution in [-0.4, -0.2) is 11.5 Å². The molecule has 6 heteroatoms. The van der Waals surface area contributed by atoms with Crippen LogP contribution in [0.1, 0.15) is 6.92 Å². The van der Waals surface area contributed by atoms with Gasteiger partial charge in [-0.15, -0.1) is 0 Å². The molecular weight excluding hydrogens is 258 g/mol. The average molecular weight is 273 g/mol. The number of ether oxygens (including phenoxy) is 1. The standard InChI is InChI=1S/C14H15N3O3/c1-2-20-14-9-12(6-7-13(14)17(18)19)16-11-5-3-4-10(15)8-11/h3-9,16H,2,15H2,1H3. The molecule has 0 aromatic heterocycles. The van der Waals surface area contributed by atoms with E-state index in [4.69, 9.17) is 10.5 Å². The molecule has 104 valence electrons. The summed E-state index contributed by atoms with van der Waals surface area (Å²) in [5.74, 6) is 0.242. The van der Waals surface area contributed by atoms with Crippen LogP contribution in [0.25, 0.3) is 0 Å². The van der Waals surface area contributed by atoms with E-state index in [1.807, 2.05) is 12.1 Å². The van der Waals surface area contributed by atoms with Crippen LogP contribution < -0.4 is 15.8 Å². The van der Waals surface area contributed by atoms with Gasteiger partial charge < -0.3 is 15.8 Å². The van der Waals surface area contributed by atoms with E-state index in [1.165, 1.54) is 6.07 Å². The van der Waals surface area contributed by atoms with Crippen molar-refractivity contribution < 1.29 is 9.66 Å². The zero-order valence-corrected chi connectivity index (χ0v) is 11.0. The number of nitrogen functional groups attached to an aromatic ring is 1. The number of nitro groups is 1. The molecule has 2 aromatic rings.